The molecule has 0 aliphatic heterocycles. The van der Waals surface area contributed by atoms with Crippen LogP contribution >= 0.6 is 0 Å². The molecule has 0 aromatic carbocycles. The Morgan fingerprint density at radius 1 is 0.742 bits per heavy atom. The Morgan fingerprint density at radius 3 is 1.52 bits per heavy atom. The van der Waals surface area contributed by atoms with Crippen LogP contribution in [0.15, 0.2) is 0 Å². The molecule has 0 aliphatic rings. The zero-order chi connectivity index (χ0) is 21.7. The fourth-order valence-corrected chi connectivity index (χ4v) is 3.27. The maximum Gasteiger partial charge on any atom is 3.00 e. The minimum atomic E-state index is -1.28. The van der Waals surface area contributed by atoms with Crippen LogP contribution in [0, 0.1) is 0 Å². The average Bonchev–Trinajstić information content (AvgIpc) is 2.68. The van der Waals surface area contributed by atoms with E-state index in [9.17, 15) is 19.5 Å². The Hall–Kier alpha value is -0.951. The summed E-state index contributed by atoms with van der Waals surface area (Å²) >= 11 is 0. The molecule has 0 spiro atoms. The largest absolute Gasteiger partial charge is 3.00 e. The first-order chi connectivity index (χ1) is 14.0. The molecule has 0 fully saturated rings. The van der Waals surface area contributed by atoms with Gasteiger partial charge in [0.05, 0.1) is 0 Å². The van der Waals surface area contributed by atoms with Crippen LogP contribution in [0.2, 0.25) is 0 Å². The summed E-state index contributed by atoms with van der Waals surface area (Å²) in [5.74, 6) is -2.73. The Balaban J connectivity index is -0.00000392. The molecule has 0 saturated heterocycles. The molecule has 0 aromatic rings. The molecule has 0 rings (SSSR count). The van der Waals surface area contributed by atoms with Gasteiger partial charge in [0, 0.05) is 12.4 Å². The van der Waals surface area contributed by atoms with Gasteiger partial charge in [-0.1, -0.05) is 96.8 Å². The van der Waals surface area contributed by atoms with E-state index in [0.29, 0.717) is 6.42 Å². The van der Waals surface area contributed by atoms with E-state index < -0.39 is 23.9 Å². The molecule has 0 unspecified atom stereocenters. The Kier molecular flexibility index (Phi) is 28.3. The van der Waals surface area contributed by atoms with Gasteiger partial charge in [-0.05, 0) is 19.3 Å². The van der Waals surface area contributed by atoms with E-state index in [1.165, 1.54) is 77.0 Å². The first-order valence-electron chi connectivity index (χ1n) is 11.7. The van der Waals surface area contributed by atoms with Gasteiger partial charge < -0.3 is 25.8 Å². The zero-order valence-electron chi connectivity index (χ0n) is 19.2. The second-order valence-corrected chi connectivity index (χ2v) is 8.01. The van der Waals surface area contributed by atoms with Crippen LogP contribution in [0.4, 0.5) is 0 Å². The van der Waals surface area contributed by atoms with Gasteiger partial charge in [0.2, 0.25) is 0 Å². The predicted molar refractivity (Wildman–Crippen MR) is 114 cm³/mol. The van der Waals surface area contributed by atoms with E-state index in [-0.39, 0.29) is 41.8 Å². The van der Waals surface area contributed by atoms with Crippen molar-refractivity contribution in [1.29, 1.82) is 0 Å². The average molecular weight is 484 g/mol. The van der Waals surface area contributed by atoms with Crippen LogP contribution in [-0.4, -0.2) is 23.9 Å². The third-order valence-corrected chi connectivity index (χ3v) is 5.16. The molecule has 0 bridgehead atoms. The van der Waals surface area contributed by atoms with Crippen LogP contribution in [-0.2, 0) is 41.7 Å². The van der Waals surface area contributed by atoms with Crippen LogP contribution in [0.25, 0.3) is 0 Å². The fraction of sp³-hybridized carbons (Fsp3) is 0.870. The summed E-state index contributed by atoms with van der Waals surface area (Å²) in [7, 11) is 0. The number of nitrogens with two attached hydrogens (primary N) is 1. The molecule has 0 saturated carbocycles. The van der Waals surface area contributed by atoms with Crippen molar-refractivity contribution in [3.8, 4) is 0 Å². The van der Waals surface area contributed by atoms with Crippen LogP contribution < -0.4 is 10.8 Å². The number of esters is 2. The fourth-order valence-electron chi connectivity index (χ4n) is 3.27. The number of carboxylic acid groups (broad SMARTS) is 1. The quantitative estimate of drug-likeness (QED) is 0.120. The number of ether oxygens (including phenoxy) is 1. The Labute approximate surface area is 199 Å². The second-order valence-electron chi connectivity index (χ2n) is 8.01. The molecular formula is C23H42FeNO6. The van der Waals surface area contributed by atoms with Crippen molar-refractivity contribution in [3.63, 3.8) is 0 Å². The van der Waals surface area contributed by atoms with Crippen molar-refractivity contribution < 1.29 is 46.8 Å². The topological polar surface area (TPSA) is 138 Å². The summed E-state index contributed by atoms with van der Waals surface area (Å²) < 4.78 is 4.65. The minimum Gasteiger partial charge on any atom is -2.00 e. The second kappa shape index (κ2) is 25.3. The summed E-state index contributed by atoms with van der Waals surface area (Å²) in [6.45, 7) is 2.25. The number of carboxylic acids is 1. The molecule has 8 heteroatoms. The van der Waals surface area contributed by atoms with E-state index in [2.05, 4.69) is 11.7 Å². The number of carbonyl (C=O) groups excluding carboxylic acids is 3. The minimum absolute atomic E-state index is 0. The normalized spacial score (nSPS) is 11.2. The molecule has 1 radical (unpaired) electrons. The van der Waals surface area contributed by atoms with Crippen molar-refractivity contribution in [2.24, 2.45) is 5.73 Å². The third kappa shape index (κ3) is 25.2. The van der Waals surface area contributed by atoms with E-state index in [1.807, 2.05) is 0 Å². The third-order valence-electron chi connectivity index (χ3n) is 5.16. The first kappa shape index (κ1) is 34.7. The predicted octanol–water partition coefficient (Wildman–Crippen LogP) is 4.05. The maximum atomic E-state index is 11.6. The van der Waals surface area contributed by atoms with Gasteiger partial charge in [-0.3, -0.25) is 4.79 Å². The van der Waals surface area contributed by atoms with Gasteiger partial charge >= 0.3 is 29.0 Å². The summed E-state index contributed by atoms with van der Waals surface area (Å²) in [5.41, 5.74) is 5.48. The van der Waals surface area contributed by atoms with Gasteiger partial charge in [0.1, 0.15) is 6.04 Å². The van der Waals surface area contributed by atoms with Crippen molar-refractivity contribution in [2.45, 2.75) is 129 Å². The molecule has 7 nitrogen and oxygen atoms in total. The standard InChI is InChI=1S/C23H43NO5.Fe.O/c1-2-3-4-5-6-7-8-9-10-11-12-13-14-15-16-17-22(27)29-23(28)20(24)18-19-21(25)26;;/h20H,2-19,24H2,1H3,(H,25,26);;/q;+3;-2/p-1/t20-;;/m0../s1. The molecule has 31 heavy (non-hydrogen) atoms. The van der Waals surface area contributed by atoms with Crippen molar-refractivity contribution in [2.75, 3.05) is 0 Å². The summed E-state index contributed by atoms with van der Waals surface area (Å²) in [6.07, 6.45) is 18.5. The van der Waals surface area contributed by atoms with E-state index in [0.717, 1.165) is 12.8 Å². The van der Waals surface area contributed by atoms with Crippen LogP contribution in [0.1, 0.15) is 122 Å². The van der Waals surface area contributed by atoms with Crippen molar-refractivity contribution in [1.82, 2.24) is 0 Å². The molecule has 0 aromatic heterocycles. The SMILES string of the molecule is CCCCCCCCCCCCCCCCCC(=O)OC(=O)[C@@H](N)CCC(=O)[O-].[Fe+3].[O-2]. The monoisotopic (exact) mass is 484 g/mol. The smallest absolute Gasteiger partial charge is 2.00 e. The molecule has 2 N–H and O–H groups in total. The number of rotatable bonds is 20. The van der Waals surface area contributed by atoms with Gasteiger partial charge in [-0.2, -0.15) is 0 Å². The van der Waals surface area contributed by atoms with Crippen LogP contribution in [0.5, 0.6) is 0 Å². The van der Waals surface area contributed by atoms with Crippen LogP contribution in [0.3, 0.4) is 0 Å². The first-order valence-corrected chi connectivity index (χ1v) is 11.7. The van der Waals surface area contributed by atoms with Gasteiger partial charge in [-0.15, -0.1) is 0 Å². The molecular weight excluding hydrogens is 442 g/mol. The summed E-state index contributed by atoms with van der Waals surface area (Å²) in [6, 6.07) is -1.10. The van der Waals surface area contributed by atoms with Gasteiger partial charge in [0.25, 0.3) is 0 Å². The molecule has 0 heterocycles. The van der Waals surface area contributed by atoms with E-state index in [1.54, 1.807) is 0 Å². The number of unbranched alkanes of at least 4 members (excludes halogenated alkanes) is 14. The van der Waals surface area contributed by atoms with E-state index in [4.69, 9.17) is 5.73 Å². The zero-order valence-corrected chi connectivity index (χ0v) is 20.3. The molecule has 0 amide bonds. The molecule has 0 aliphatic carbocycles. The summed E-state index contributed by atoms with van der Waals surface area (Å²) in [5, 5.41) is 10.3. The molecule has 1 atom stereocenters. The Bertz CT molecular complexity index is 448. The number of carbonyl (C=O) groups is 3. The maximum absolute atomic E-state index is 11.6. The van der Waals surface area contributed by atoms with Crippen molar-refractivity contribution >= 4 is 17.9 Å². The number of aliphatic carboxylic acids is 1. The van der Waals surface area contributed by atoms with Gasteiger partial charge in [-0.25, -0.2) is 4.79 Å². The Morgan fingerprint density at radius 2 is 1.13 bits per heavy atom. The number of hydrogen-bond acceptors (Lipinski definition) is 6. The van der Waals surface area contributed by atoms with Gasteiger partial charge in [0.15, 0.2) is 0 Å². The number of hydrogen-bond donors (Lipinski definition) is 1. The molecule has 183 valence electrons. The van der Waals surface area contributed by atoms with E-state index >= 15 is 0 Å². The summed E-state index contributed by atoms with van der Waals surface area (Å²) in [4.78, 5) is 33.5. The van der Waals surface area contributed by atoms with Crippen molar-refractivity contribution in [3.05, 3.63) is 0 Å².